The van der Waals surface area contributed by atoms with Crippen LogP contribution in [0.3, 0.4) is 0 Å². The summed E-state index contributed by atoms with van der Waals surface area (Å²) in [7, 11) is 0. The number of Topliss-reactive ketones (excluding diaryl/α,β-unsaturated/α-hetero) is 1. The first kappa shape index (κ1) is 18.0. The number of rotatable bonds is 6. The largest absolute Gasteiger partial charge is 0.411 e. The zero-order valence-corrected chi connectivity index (χ0v) is 16.9. The number of nitrogens with zero attached hydrogens (tertiary/aromatic N) is 3. The lowest BCUT2D eigenvalue weighted by Gasteiger charge is -2.07. The fourth-order valence-corrected chi connectivity index (χ4v) is 4.29. The molecule has 0 saturated heterocycles. The first-order valence-corrected chi connectivity index (χ1v) is 10.2. The Morgan fingerprint density at radius 2 is 1.81 bits per heavy atom. The fraction of sp³-hybridized carbons (Fsp3) is 0.381. The van der Waals surface area contributed by atoms with Crippen LogP contribution in [0, 0.1) is 27.7 Å². The Labute approximate surface area is 163 Å². The van der Waals surface area contributed by atoms with Crippen LogP contribution in [0.2, 0.25) is 0 Å². The van der Waals surface area contributed by atoms with Gasteiger partial charge in [0.25, 0.3) is 5.22 Å². The second-order valence-corrected chi connectivity index (χ2v) is 8.27. The summed E-state index contributed by atoms with van der Waals surface area (Å²) in [5, 5.41) is 8.65. The summed E-state index contributed by atoms with van der Waals surface area (Å²) in [5.74, 6) is 0.887. The van der Waals surface area contributed by atoms with E-state index in [0.29, 0.717) is 22.9 Å². The first-order valence-electron chi connectivity index (χ1n) is 9.19. The van der Waals surface area contributed by atoms with E-state index >= 15 is 0 Å². The number of hydrogen-bond donors (Lipinski definition) is 0. The third-order valence-corrected chi connectivity index (χ3v) is 5.72. The van der Waals surface area contributed by atoms with Crippen molar-refractivity contribution in [2.24, 2.45) is 0 Å². The number of ketones is 1. The Morgan fingerprint density at radius 1 is 1.11 bits per heavy atom. The van der Waals surface area contributed by atoms with E-state index in [0.717, 1.165) is 27.9 Å². The van der Waals surface area contributed by atoms with E-state index in [1.165, 1.54) is 30.3 Å². The molecule has 6 heteroatoms. The number of carbonyl (C=O) groups excluding carboxylic acids is 1. The molecular weight excluding hydrogens is 358 g/mol. The third-order valence-electron chi connectivity index (χ3n) is 4.90. The van der Waals surface area contributed by atoms with Crippen molar-refractivity contribution in [2.75, 3.05) is 5.75 Å². The summed E-state index contributed by atoms with van der Waals surface area (Å²) in [5.41, 5.74) is 6.25. The van der Waals surface area contributed by atoms with Gasteiger partial charge in [-0.3, -0.25) is 4.79 Å². The maximum Gasteiger partial charge on any atom is 0.277 e. The van der Waals surface area contributed by atoms with Gasteiger partial charge in [0.2, 0.25) is 5.89 Å². The topological polar surface area (TPSA) is 60.9 Å². The van der Waals surface area contributed by atoms with E-state index in [9.17, 15) is 4.79 Å². The Hall–Kier alpha value is -2.34. The smallest absolute Gasteiger partial charge is 0.277 e. The lowest BCUT2D eigenvalue weighted by Crippen LogP contribution is -2.05. The maximum atomic E-state index is 12.7. The Balaban J connectivity index is 1.46. The fourth-order valence-electron chi connectivity index (χ4n) is 3.64. The molecule has 4 rings (SSSR count). The van der Waals surface area contributed by atoms with Crippen molar-refractivity contribution in [1.82, 2.24) is 14.8 Å². The van der Waals surface area contributed by atoms with Crippen LogP contribution in [0.4, 0.5) is 0 Å². The predicted molar refractivity (Wildman–Crippen MR) is 106 cm³/mol. The second-order valence-electron chi connectivity index (χ2n) is 7.35. The van der Waals surface area contributed by atoms with Gasteiger partial charge in [0.05, 0.1) is 5.75 Å². The van der Waals surface area contributed by atoms with Gasteiger partial charge in [0.15, 0.2) is 5.78 Å². The number of aromatic nitrogens is 3. The van der Waals surface area contributed by atoms with Crippen molar-refractivity contribution < 1.29 is 9.21 Å². The quantitative estimate of drug-likeness (QED) is 0.440. The molecule has 0 spiro atoms. The van der Waals surface area contributed by atoms with Crippen LogP contribution in [0.1, 0.15) is 51.8 Å². The highest BCUT2D eigenvalue weighted by molar-refractivity contribution is 7.99. The lowest BCUT2D eigenvalue weighted by atomic mass is 10.1. The van der Waals surface area contributed by atoms with Gasteiger partial charge in [-0.25, -0.2) is 0 Å². The van der Waals surface area contributed by atoms with Crippen LogP contribution in [-0.4, -0.2) is 26.3 Å². The molecule has 0 N–H and O–H groups in total. The number of hydrogen-bond acceptors (Lipinski definition) is 5. The first-order chi connectivity index (χ1) is 12.9. The van der Waals surface area contributed by atoms with Crippen LogP contribution in [0.5, 0.6) is 0 Å². The maximum absolute atomic E-state index is 12.7. The molecule has 1 fully saturated rings. The van der Waals surface area contributed by atoms with Crippen molar-refractivity contribution in [2.45, 2.75) is 51.8 Å². The normalized spacial score (nSPS) is 13.9. The lowest BCUT2D eigenvalue weighted by molar-refractivity contribution is 0.102. The van der Waals surface area contributed by atoms with E-state index in [1.54, 1.807) is 0 Å². The molecule has 0 aliphatic heterocycles. The summed E-state index contributed by atoms with van der Waals surface area (Å²) in [6, 6.07) is 8.73. The van der Waals surface area contributed by atoms with Crippen molar-refractivity contribution in [3.8, 4) is 11.5 Å². The SMILES string of the molecule is Cc1cc(C)cc(-c2nnc(SCC(=O)c3cc(C)n(C4CC4)c3C)o2)c1. The molecule has 0 atom stereocenters. The highest BCUT2D eigenvalue weighted by Crippen LogP contribution is 2.38. The number of benzene rings is 1. The Morgan fingerprint density at radius 3 is 2.48 bits per heavy atom. The molecular formula is C21H23N3O2S. The highest BCUT2D eigenvalue weighted by Gasteiger charge is 2.28. The van der Waals surface area contributed by atoms with Crippen LogP contribution in [-0.2, 0) is 0 Å². The summed E-state index contributed by atoms with van der Waals surface area (Å²) in [6.07, 6.45) is 2.42. The summed E-state index contributed by atoms with van der Waals surface area (Å²) < 4.78 is 8.05. The van der Waals surface area contributed by atoms with Gasteiger partial charge in [-0.1, -0.05) is 29.0 Å². The molecule has 0 amide bonds. The zero-order chi connectivity index (χ0) is 19.1. The molecule has 3 aromatic rings. The monoisotopic (exact) mass is 381 g/mol. The van der Waals surface area contributed by atoms with Gasteiger partial charge in [-0.2, -0.15) is 0 Å². The second kappa shape index (κ2) is 7.00. The molecule has 0 bridgehead atoms. The molecule has 0 radical (unpaired) electrons. The minimum Gasteiger partial charge on any atom is -0.411 e. The van der Waals surface area contributed by atoms with Gasteiger partial charge in [0.1, 0.15) is 0 Å². The van der Waals surface area contributed by atoms with Gasteiger partial charge >= 0.3 is 0 Å². The molecule has 0 unspecified atom stereocenters. The van der Waals surface area contributed by atoms with Gasteiger partial charge in [-0.15, -0.1) is 10.2 Å². The average molecular weight is 382 g/mol. The zero-order valence-electron chi connectivity index (χ0n) is 16.1. The summed E-state index contributed by atoms with van der Waals surface area (Å²) >= 11 is 1.30. The summed E-state index contributed by atoms with van der Waals surface area (Å²) in [6.45, 7) is 8.19. The molecule has 2 aromatic heterocycles. The number of carbonyl (C=O) groups is 1. The molecule has 1 aromatic carbocycles. The Bertz CT molecular complexity index is 994. The van der Waals surface area contributed by atoms with Crippen molar-refractivity contribution in [1.29, 1.82) is 0 Å². The Kier molecular flexibility index (Phi) is 4.68. The average Bonchev–Trinajstić information content (AvgIpc) is 3.23. The summed E-state index contributed by atoms with van der Waals surface area (Å²) in [4.78, 5) is 12.7. The van der Waals surface area contributed by atoms with Crippen LogP contribution in [0.15, 0.2) is 33.9 Å². The minimum atomic E-state index is 0.103. The van der Waals surface area contributed by atoms with Crippen molar-refractivity contribution in [3.63, 3.8) is 0 Å². The molecule has 1 aliphatic carbocycles. The van der Waals surface area contributed by atoms with Crippen molar-refractivity contribution in [3.05, 3.63) is 52.3 Å². The molecule has 2 heterocycles. The van der Waals surface area contributed by atoms with E-state index in [2.05, 4.69) is 27.8 Å². The predicted octanol–water partition coefficient (Wildman–Crippen LogP) is 5.08. The standard InChI is InChI=1S/C21H23N3O2S/c1-12-7-13(2)9-16(8-12)20-22-23-21(26-20)27-11-19(25)18-10-14(3)24(15(18)4)17-5-6-17/h7-10,17H,5-6,11H2,1-4H3. The molecule has 5 nitrogen and oxygen atoms in total. The van der Waals surface area contributed by atoms with Crippen LogP contribution < -0.4 is 0 Å². The molecule has 27 heavy (non-hydrogen) atoms. The highest BCUT2D eigenvalue weighted by atomic mass is 32.2. The van der Waals surface area contributed by atoms with Crippen LogP contribution >= 0.6 is 11.8 Å². The van der Waals surface area contributed by atoms with Crippen molar-refractivity contribution >= 4 is 17.5 Å². The van der Waals surface area contributed by atoms with Gasteiger partial charge in [-0.05, 0) is 58.7 Å². The third kappa shape index (κ3) is 3.72. The van der Waals surface area contributed by atoms with E-state index in [-0.39, 0.29) is 5.78 Å². The van der Waals surface area contributed by atoms with E-state index in [4.69, 9.17) is 4.42 Å². The minimum absolute atomic E-state index is 0.103. The number of thioether (sulfide) groups is 1. The van der Waals surface area contributed by atoms with Gasteiger partial charge in [0, 0.05) is 28.6 Å². The van der Waals surface area contributed by atoms with Gasteiger partial charge < -0.3 is 8.98 Å². The number of aryl methyl sites for hydroxylation is 3. The molecule has 1 aliphatic rings. The van der Waals surface area contributed by atoms with Crippen LogP contribution in [0.25, 0.3) is 11.5 Å². The molecule has 1 saturated carbocycles. The van der Waals surface area contributed by atoms with E-state index < -0.39 is 0 Å². The molecule has 140 valence electrons. The van der Waals surface area contributed by atoms with E-state index in [1.807, 2.05) is 39.0 Å².